The lowest BCUT2D eigenvalue weighted by molar-refractivity contribution is 0.207. The SMILES string of the molecule is COCCN=C(C)N(C)C. The zero-order chi connectivity index (χ0) is 7.98. The molecule has 0 aliphatic carbocycles. The zero-order valence-corrected chi connectivity index (χ0v) is 7.22. The van der Waals surface area contributed by atoms with Crippen LogP contribution < -0.4 is 0 Å². The molecule has 0 aromatic carbocycles. The minimum atomic E-state index is 0.700. The summed E-state index contributed by atoms with van der Waals surface area (Å²) in [7, 11) is 5.64. The second-order valence-corrected chi connectivity index (χ2v) is 2.32. The van der Waals surface area contributed by atoms with Crippen molar-refractivity contribution in [2.75, 3.05) is 34.4 Å². The molecule has 0 aliphatic rings. The van der Waals surface area contributed by atoms with E-state index in [2.05, 4.69) is 4.99 Å². The van der Waals surface area contributed by atoms with E-state index in [-0.39, 0.29) is 0 Å². The quantitative estimate of drug-likeness (QED) is 0.329. The maximum absolute atomic E-state index is 4.85. The molecule has 0 bridgehead atoms. The second-order valence-electron chi connectivity index (χ2n) is 2.32. The van der Waals surface area contributed by atoms with Gasteiger partial charge in [-0.15, -0.1) is 0 Å². The lowest BCUT2D eigenvalue weighted by Gasteiger charge is -2.10. The number of hydrogen-bond acceptors (Lipinski definition) is 2. The highest BCUT2D eigenvalue weighted by Crippen LogP contribution is 1.82. The minimum Gasteiger partial charge on any atom is -0.383 e. The van der Waals surface area contributed by atoms with Crippen molar-refractivity contribution in [1.82, 2.24) is 4.90 Å². The van der Waals surface area contributed by atoms with Gasteiger partial charge in [-0.25, -0.2) is 0 Å². The largest absolute Gasteiger partial charge is 0.383 e. The minimum absolute atomic E-state index is 0.700. The Morgan fingerprint density at radius 1 is 1.50 bits per heavy atom. The number of amidine groups is 1. The molecular weight excluding hydrogens is 128 g/mol. The summed E-state index contributed by atoms with van der Waals surface area (Å²) in [5.41, 5.74) is 0. The van der Waals surface area contributed by atoms with Crippen LogP contribution in [0.1, 0.15) is 6.92 Å². The van der Waals surface area contributed by atoms with E-state index < -0.39 is 0 Å². The van der Waals surface area contributed by atoms with Gasteiger partial charge >= 0.3 is 0 Å². The first-order valence-corrected chi connectivity index (χ1v) is 3.35. The van der Waals surface area contributed by atoms with Crippen molar-refractivity contribution in [3.8, 4) is 0 Å². The molecule has 0 aromatic heterocycles. The summed E-state index contributed by atoms with van der Waals surface area (Å²) < 4.78 is 4.85. The molecule has 0 radical (unpaired) electrons. The second kappa shape index (κ2) is 5.23. The van der Waals surface area contributed by atoms with Gasteiger partial charge in [-0.3, -0.25) is 4.99 Å². The molecule has 0 aromatic rings. The average molecular weight is 144 g/mol. The highest BCUT2D eigenvalue weighted by Gasteiger charge is 1.89. The van der Waals surface area contributed by atoms with Crippen molar-refractivity contribution in [1.29, 1.82) is 0 Å². The Balaban J connectivity index is 3.48. The Morgan fingerprint density at radius 3 is 2.50 bits per heavy atom. The van der Waals surface area contributed by atoms with Gasteiger partial charge in [-0.2, -0.15) is 0 Å². The Hall–Kier alpha value is -0.570. The zero-order valence-electron chi connectivity index (χ0n) is 7.22. The summed E-state index contributed by atoms with van der Waals surface area (Å²) in [6.45, 7) is 3.43. The molecule has 10 heavy (non-hydrogen) atoms. The number of nitrogens with zero attached hydrogens (tertiary/aromatic N) is 2. The molecule has 0 rings (SSSR count). The predicted molar refractivity (Wildman–Crippen MR) is 43.5 cm³/mol. The van der Waals surface area contributed by atoms with E-state index in [1.807, 2.05) is 25.9 Å². The van der Waals surface area contributed by atoms with Crippen LogP contribution in [0.3, 0.4) is 0 Å². The maximum Gasteiger partial charge on any atom is 0.0953 e. The summed E-state index contributed by atoms with van der Waals surface area (Å²) in [5, 5.41) is 0. The summed E-state index contributed by atoms with van der Waals surface area (Å²) >= 11 is 0. The van der Waals surface area contributed by atoms with Crippen LogP contribution in [0.4, 0.5) is 0 Å². The third-order valence-electron chi connectivity index (χ3n) is 1.28. The summed E-state index contributed by atoms with van der Waals surface area (Å²) in [6, 6.07) is 0. The number of methoxy groups -OCH3 is 1. The van der Waals surface area contributed by atoms with Crippen LogP contribution in [0.25, 0.3) is 0 Å². The van der Waals surface area contributed by atoms with Gasteiger partial charge in [0.05, 0.1) is 19.0 Å². The van der Waals surface area contributed by atoms with Crippen LogP contribution in [0, 0.1) is 0 Å². The maximum atomic E-state index is 4.85. The van der Waals surface area contributed by atoms with Crippen LogP contribution in [0.15, 0.2) is 4.99 Å². The molecule has 60 valence electrons. The number of aliphatic imine (C=N–C) groups is 1. The number of hydrogen-bond donors (Lipinski definition) is 0. The lowest BCUT2D eigenvalue weighted by atomic mass is 10.6. The standard InChI is InChI=1S/C7H16N2O/c1-7(9(2)3)8-5-6-10-4/h5-6H2,1-4H3. The molecule has 0 aliphatic heterocycles. The molecule has 0 saturated carbocycles. The molecular formula is C7H16N2O. The van der Waals surface area contributed by atoms with Crippen molar-refractivity contribution < 1.29 is 4.74 Å². The molecule has 3 heteroatoms. The first-order valence-electron chi connectivity index (χ1n) is 3.35. The Morgan fingerprint density at radius 2 is 2.10 bits per heavy atom. The average Bonchev–Trinajstić information content (AvgIpc) is 1.88. The molecule has 0 heterocycles. The van der Waals surface area contributed by atoms with Gasteiger partial charge in [-0.05, 0) is 6.92 Å². The third-order valence-corrected chi connectivity index (χ3v) is 1.28. The Bertz CT molecular complexity index is 110. The monoisotopic (exact) mass is 144 g/mol. The topological polar surface area (TPSA) is 24.8 Å². The van der Waals surface area contributed by atoms with E-state index in [1.54, 1.807) is 7.11 Å². The first kappa shape index (κ1) is 9.43. The van der Waals surface area contributed by atoms with Gasteiger partial charge in [-0.1, -0.05) is 0 Å². The van der Waals surface area contributed by atoms with Gasteiger partial charge in [0.2, 0.25) is 0 Å². The van der Waals surface area contributed by atoms with Crippen molar-refractivity contribution >= 4 is 5.84 Å². The van der Waals surface area contributed by atoms with Crippen molar-refractivity contribution in [3.63, 3.8) is 0 Å². The summed E-state index contributed by atoms with van der Waals surface area (Å²) in [4.78, 5) is 6.21. The van der Waals surface area contributed by atoms with E-state index in [0.717, 1.165) is 12.4 Å². The smallest absolute Gasteiger partial charge is 0.0953 e. The summed E-state index contributed by atoms with van der Waals surface area (Å²) in [6.07, 6.45) is 0. The van der Waals surface area contributed by atoms with E-state index in [9.17, 15) is 0 Å². The Kier molecular flexibility index (Phi) is 4.94. The first-order chi connectivity index (χ1) is 4.68. The molecule has 0 amide bonds. The molecule has 0 fully saturated rings. The molecule has 0 saturated heterocycles. The number of ether oxygens (including phenoxy) is 1. The lowest BCUT2D eigenvalue weighted by Crippen LogP contribution is -2.19. The van der Waals surface area contributed by atoms with Gasteiger partial charge in [0, 0.05) is 21.2 Å². The third kappa shape index (κ3) is 4.32. The van der Waals surface area contributed by atoms with Crippen molar-refractivity contribution in [2.24, 2.45) is 4.99 Å². The van der Waals surface area contributed by atoms with Gasteiger partial charge in [0.25, 0.3) is 0 Å². The molecule has 0 atom stereocenters. The number of rotatable bonds is 3. The fourth-order valence-corrected chi connectivity index (χ4v) is 0.440. The summed E-state index contributed by atoms with van der Waals surface area (Å²) in [5.74, 6) is 1.04. The van der Waals surface area contributed by atoms with E-state index in [4.69, 9.17) is 4.74 Å². The highest BCUT2D eigenvalue weighted by atomic mass is 16.5. The molecule has 0 unspecified atom stereocenters. The Labute approximate surface area is 62.7 Å². The van der Waals surface area contributed by atoms with Crippen molar-refractivity contribution in [3.05, 3.63) is 0 Å². The normalized spacial score (nSPS) is 11.8. The van der Waals surface area contributed by atoms with Crippen LogP contribution in [-0.4, -0.2) is 45.1 Å². The predicted octanol–water partition coefficient (Wildman–Crippen LogP) is 0.613. The van der Waals surface area contributed by atoms with Crippen molar-refractivity contribution in [2.45, 2.75) is 6.92 Å². The van der Waals surface area contributed by atoms with Crippen LogP contribution in [0.2, 0.25) is 0 Å². The van der Waals surface area contributed by atoms with E-state index in [0.29, 0.717) is 6.61 Å². The van der Waals surface area contributed by atoms with Gasteiger partial charge < -0.3 is 9.64 Å². The van der Waals surface area contributed by atoms with E-state index >= 15 is 0 Å². The molecule has 0 spiro atoms. The van der Waals surface area contributed by atoms with Crippen LogP contribution >= 0.6 is 0 Å². The van der Waals surface area contributed by atoms with Crippen LogP contribution in [0.5, 0.6) is 0 Å². The molecule has 0 N–H and O–H groups in total. The van der Waals surface area contributed by atoms with Gasteiger partial charge in [0.1, 0.15) is 0 Å². The fourth-order valence-electron chi connectivity index (χ4n) is 0.440. The van der Waals surface area contributed by atoms with Gasteiger partial charge in [0.15, 0.2) is 0 Å². The van der Waals surface area contributed by atoms with E-state index in [1.165, 1.54) is 0 Å². The van der Waals surface area contributed by atoms with Crippen LogP contribution in [-0.2, 0) is 4.74 Å². The highest BCUT2D eigenvalue weighted by molar-refractivity contribution is 5.79. The molecule has 3 nitrogen and oxygen atoms in total. The fraction of sp³-hybridized carbons (Fsp3) is 0.857.